The fraction of sp³-hybridized carbons (Fsp3) is 0.100. The van der Waals surface area contributed by atoms with E-state index in [0.29, 0.717) is 21.0 Å². The van der Waals surface area contributed by atoms with Gasteiger partial charge in [-0.25, -0.2) is 0 Å². The first-order chi connectivity index (χ1) is 7.15. The Labute approximate surface area is 109 Å². The third-order valence-electron chi connectivity index (χ3n) is 1.84. The van der Waals surface area contributed by atoms with Crippen molar-refractivity contribution in [2.45, 2.75) is 0 Å². The van der Waals surface area contributed by atoms with Crippen LogP contribution in [-0.2, 0) is 0 Å². The number of nitriles is 1. The number of carbonyl (C=O) groups excluding carboxylic acids is 2. The molecule has 0 aromatic heterocycles. The summed E-state index contributed by atoms with van der Waals surface area (Å²) in [6.45, 7) is 0. The summed E-state index contributed by atoms with van der Waals surface area (Å²) in [5.41, 5.74) is 1.04. The van der Waals surface area contributed by atoms with Crippen molar-refractivity contribution in [3.05, 3.63) is 32.4 Å². The minimum atomic E-state index is -0.105. The molecule has 0 aliphatic heterocycles. The van der Waals surface area contributed by atoms with Gasteiger partial charge in [0.2, 0.25) is 0 Å². The van der Waals surface area contributed by atoms with E-state index in [-0.39, 0.29) is 16.7 Å². The lowest BCUT2D eigenvalue weighted by Crippen LogP contribution is -2.06. The third-order valence-corrected chi connectivity index (χ3v) is 3.51. The van der Waals surface area contributed by atoms with Crippen LogP contribution in [-0.4, -0.2) is 17.4 Å². The maximum atomic E-state index is 11.5. The average molecular weight is 378 g/mol. The highest BCUT2D eigenvalue weighted by Crippen LogP contribution is 2.20. The Balaban J connectivity index is 3.43. The van der Waals surface area contributed by atoms with Crippen molar-refractivity contribution in [1.82, 2.24) is 0 Å². The van der Waals surface area contributed by atoms with E-state index >= 15 is 0 Å². The number of Topliss-reactive ketones (excluding diaryl/α,β-unsaturated/α-hetero) is 1. The molecule has 0 saturated carbocycles. The minimum Gasteiger partial charge on any atom is -0.298 e. The Hall–Kier alpha value is -0.740. The maximum absolute atomic E-state index is 11.5. The predicted molar refractivity (Wildman–Crippen MR) is 67.4 cm³/mol. The van der Waals surface area contributed by atoms with E-state index in [1.54, 1.807) is 6.07 Å². The highest BCUT2D eigenvalue weighted by atomic mass is 127. The first-order valence-electron chi connectivity index (χ1n) is 3.92. The number of aldehydes is 1. The summed E-state index contributed by atoms with van der Waals surface area (Å²) in [5, 5.41) is 8.96. The molecule has 15 heavy (non-hydrogen) atoms. The van der Waals surface area contributed by atoms with Gasteiger partial charge < -0.3 is 0 Å². The molecule has 0 aliphatic carbocycles. The first-order valence-corrected chi connectivity index (χ1v) is 6.12. The monoisotopic (exact) mass is 377 g/mol. The molecule has 0 unspecified atom stereocenters. The van der Waals surface area contributed by atoms with Gasteiger partial charge in [0.25, 0.3) is 0 Å². The van der Waals surface area contributed by atoms with Gasteiger partial charge in [0.05, 0.1) is 17.0 Å². The maximum Gasteiger partial charge on any atom is 0.174 e. The molecule has 0 radical (unpaired) electrons. The molecule has 0 heterocycles. The molecule has 76 valence electrons. The van der Waals surface area contributed by atoms with Gasteiger partial charge in [0.1, 0.15) is 0 Å². The SMILES string of the molecule is N#Cc1ccc(C(=O)CBr)c(I)c1C=O. The van der Waals surface area contributed by atoms with Crippen molar-refractivity contribution in [2.75, 3.05) is 5.33 Å². The van der Waals surface area contributed by atoms with Gasteiger partial charge in [0, 0.05) is 14.7 Å². The smallest absolute Gasteiger partial charge is 0.174 e. The van der Waals surface area contributed by atoms with Gasteiger partial charge in [-0.15, -0.1) is 0 Å². The van der Waals surface area contributed by atoms with Crippen LogP contribution in [0.25, 0.3) is 0 Å². The number of halogens is 2. The largest absolute Gasteiger partial charge is 0.298 e. The van der Waals surface area contributed by atoms with Crippen molar-refractivity contribution in [3.8, 4) is 6.07 Å². The zero-order chi connectivity index (χ0) is 11.4. The fourth-order valence-corrected chi connectivity index (χ4v) is 2.29. The molecule has 0 aliphatic rings. The van der Waals surface area contributed by atoms with Crippen LogP contribution in [0.4, 0.5) is 0 Å². The second kappa shape index (κ2) is 5.37. The Morgan fingerprint density at radius 2 is 2.27 bits per heavy atom. The molecular formula is C10H5BrINO2. The lowest BCUT2D eigenvalue weighted by Gasteiger charge is -2.05. The molecule has 0 saturated heterocycles. The van der Waals surface area contributed by atoms with Crippen LogP contribution in [0.3, 0.4) is 0 Å². The van der Waals surface area contributed by atoms with Gasteiger partial charge in [-0.1, -0.05) is 15.9 Å². The molecule has 0 spiro atoms. The van der Waals surface area contributed by atoms with Gasteiger partial charge >= 0.3 is 0 Å². The number of rotatable bonds is 3. The van der Waals surface area contributed by atoms with Crippen LogP contribution in [0, 0.1) is 14.9 Å². The predicted octanol–water partition coefficient (Wildman–Crippen LogP) is 2.55. The topological polar surface area (TPSA) is 57.9 Å². The number of ketones is 1. The highest BCUT2D eigenvalue weighted by molar-refractivity contribution is 14.1. The number of carbonyl (C=O) groups is 2. The molecule has 1 aromatic carbocycles. The highest BCUT2D eigenvalue weighted by Gasteiger charge is 2.14. The normalized spacial score (nSPS) is 9.40. The third kappa shape index (κ3) is 2.44. The van der Waals surface area contributed by atoms with E-state index in [4.69, 9.17) is 5.26 Å². The number of alkyl halides is 1. The van der Waals surface area contributed by atoms with Crippen LogP contribution >= 0.6 is 38.5 Å². The second-order valence-corrected chi connectivity index (χ2v) is 4.31. The molecule has 0 fully saturated rings. The molecular weight excluding hydrogens is 373 g/mol. The number of hydrogen-bond donors (Lipinski definition) is 0. The lowest BCUT2D eigenvalue weighted by atomic mass is 10.0. The van der Waals surface area contributed by atoms with Crippen LogP contribution < -0.4 is 0 Å². The molecule has 1 rings (SSSR count). The molecule has 1 aromatic rings. The van der Waals surface area contributed by atoms with E-state index in [1.165, 1.54) is 6.07 Å². The number of hydrogen-bond acceptors (Lipinski definition) is 3. The summed E-state index contributed by atoms with van der Waals surface area (Å²) in [7, 11) is 0. The van der Waals surface area contributed by atoms with Gasteiger partial charge in [0.15, 0.2) is 12.1 Å². The molecule has 0 atom stereocenters. The van der Waals surface area contributed by atoms with Crippen LogP contribution in [0.5, 0.6) is 0 Å². The quantitative estimate of drug-likeness (QED) is 0.352. The number of nitrogens with zero attached hydrogens (tertiary/aromatic N) is 1. The van der Waals surface area contributed by atoms with Crippen LogP contribution in [0.15, 0.2) is 12.1 Å². The Morgan fingerprint density at radius 3 is 2.73 bits per heavy atom. The van der Waals surface area contributed by atoms with Gasteiger partial charge in [-0.2, -0.15) is 5.26 Å². The summed E-state index contributed by atoms with van der Waals surface area (Å²) >= 11 is 4.97. The Bertz CT molecular complexity index is 465. The first kappa shape index (κ1) is 12.3. The number of benzene rings is 1. The van der Waals surface area contributed by atoms with Crippen LogP contribution in [0.2, 0.25) is 0 Å². The van der Waals surface area contributed by atoms with Gasteiger partial charge in [-0.3, -0.25) is 9.59 Å². The van der Waals surface area contributed by atoms with Crippen molar-refractivity contribution in [1.29, 1.82) is 5.26 Å². The zero-order valence-corrected chi connectivity index (χ0v) is 11.2. The van der Waals surface area contributed by atoms with E-state index in [1.807, 2.05) is 28.7 Å². The summed E-state index contributed by atoms with van der Waals surface area (Å²) in [6, 6.07) is 4.97. The van der Waals surface area contributed by atoms with E-state index in [0.717, 1.165) is 0 Å². The Morgan fingerprint density at radius 1 is 1.60 bits per heavy atom. The average Bonchev–Trinajstić information content (AvgIpc) is 2.27. The van der Waals surface area contributed by atoms with Crippen molar-refractivity contribution >= 4 is 50.6 Å². The van der Waals surface area contributed by atoms with Crippen LogP contribution in [0.1, 0.15) is 26.3 Å². The van der Waals surface area contributed by atoms with Crippen molar-refractivity contribution in [3.63, 3.8) is 0 Å². The minimum absolute atomic E-state index is 0.105. The van der Waals surface area contributed by atoms with E-state index in [9.17, 15) is 9.59 Å². The summed E-state index contributed by atoms with van der Waals surface area (Å²) in [4.78, 5) is 22.2. The standard InChI is InChI=1S/C10H5BrINO2/c11-3-9(15)7-2-1-6(4-13)8(5-14)10(7)12/h1-2,5H,3H2. The van der Waals surface area contributed by atoms with Crippen molar-refractivity contribution in [2.24, 2.45) is 0 Å². The second-order valence-electron chi connectivity index (χ2n) is 2.67. The van der Waals surface area contributed by atoms with Crippen molar-refractivity contribution < 1.29 is 9.59 Å². The summed E-state index contributed by atoms with van der Waals surface area (Å²) in [6.07, 6.45) is 0.603. The van der Waals surface area contributed by atoms with E-state index < -0.39 is 0 Å². The molecule has 0 amide bonds. The lowest BCUT2D eigenvalue weighted by molar-refractivity contribution is 0.102. The zero-order valence-electron chi connectivity index (χ0n) is 7.46. The fourth-order valence-electron chi connectivity index (χ4n) is 1.09. The van der Waals surface area contributed by atoms with E-state index in [2.05, 4.69) is 15.9 Å². The Kier molecular flexibility index (Phi) is 4.42. The molecule has 0 bridgehead atoms. The van der Waals surface area contributed by atoms with Gasteiger partial charge in [-0.05, 0) is 34.7 Å². The molecule has 0 N–H and O–H groups in total. The molecule has 3 nitrogen and oxygen atoms in total. The molecule has 5 heteroatoms. The summed E-state index contributed by atoms with van der Waals surface area (Å²) in [5.74, 6) is -0.105. The summed E-state index contributed by atoms with van der Waals surface area (Å²) < 4.78 is 0.533.